The van der Waals surface area contributed by atoms with Crippen LogP contribution < -0.4 is 0 Å². The van der Waals surface area contributed by atoms with Gasteiger partial charge in [-0.05, 0) is 38.8 Å². The van der Waals surface area contributed by atoms with Crippen LogP contribution in [0.5, 0.6) is 0 Å². The number of nitrogens with zero attached hydrogens (tertiary/aromatic N) is 1. The highest BCUT2D eigenvalue weighted by atomic mass is 15.1. The molecule has 0 aromatic rings. The van der Waals surface area contributed by atoms with Crippen molar-refractivity contribution in [2.24, 2.45) is 5.92 Å². The predicted octanol–water partition coefficient (Wildman–Crippen LogP) is 2.52. The molecule has 1 heteroatoms. The molecule has 1 aliphatic rings. The normalized spacial score (nSPS) is 22.1. The standard InChI is InChI=1S/C12H21N/c1-4-5-6-12(3)13-9-7-11(2)8-10-13/h11-12H,4,7-10H2,1-3H3. The highest BCUT2D eigenvalue weighted by Crippen LogP contribution is 2.17. The van der Waals surface area contributed by atoms with Gasteiger partial charge < -0.3 is 0 Å². The Labute approximate surface area is 82.5 Å². The van der Waals surface area contributed by atoms with Crippen LogP contribution in [0.3, 0.4) is 0 Å². The molecule has 0 aliphatic carbocycles. The maximum absolute atomic E-state index is 3.29. The molecule has 1 aliphatic heterocycles. The van der Waals surface area contributed by atoms with E-state index in [1.54, 1.807) is 0 Å². The summed E-state index contributed by atoms with van der Waals surface area (Å²) in [5.74, 6) is 7.38. The molecule has 0 radical (unpaired) electrons. The fourth-order valence-electron chi connectivity index (χ4n) is 1.76. The van der Waals surface area contributed by atoms with E-state index in [0.717, 1.165) is 12.3 Å². The molecule has 13 heavy (non-hydrogen) atoms. The first kappa shape index (κ1) is 10.6. The van der Waals surface area contributed by atoms with Gasteiger partial charge in [0.25, 0.3) is 0 Å². The topological polar surface area (TPSA) is 3.24 Å². The summed E-state index contributed by atoms with van der Waals surface area (Å²) in [6.07, 6.45) is 3.67. The Hall–Kier alpha value is -0.480. The number of hydrogen-bond acceptors (Lipinski definition) is 1. The summed E-state index contributed by atoms with van der Waals surface area (Å²) in [5.41, 5.74) is 0. The first-order valence-corrected chi connectivity index (χ1v) is 5.46. The van der Waals surface area contributed by atoms with Crippen molar-refractivity contribution >= 4 is 0 Å². The lowest BCUT2D eigenvalue weighted by molar-refractivity contribution is 0.173. The van der Waals surface area contributed by atoms with Crippen LogP contribution in [0.1, 0.15) is 40.0 Å². The van der Waals surface area contributed by atoms with Gasteiger partial charge in [0.05, 0.1) is 6.04 Å². The molecule has 1 nitrogen and oxygen atoms in total. The average molecular weight is 179 g/mol. The molecule has 1 atom stereocenters. The molecule has 0 bridgehead atoms. The molecule has 0 N–H and O–H groups in total. The zero-order valence-corrected chi connectivity index (χ0v) is 9.14. The quantitative estimate of drug-likeness (QED) is 0.559. The molecule has 1 heterocycles. The van der Waals surface area contributed by atoms with Crippen LogP contribution >= 0.6 is 0 Å². The van der Waals surface area contributed by atoms with Crippen LogP contribution in [-0.2, 0) is 0 Å². The number of likely N-dealkylation sites (tertiary alicyclic amines) is 1. The Bertz CT molecular complexity index is 191. The maximum atomic E-state index is 3.29. The summed E-state index contributed by atoms with van der Waals surface area (Å²) in [7, 11) is 0. The monoisotopic (exact) mass is 179 g/mol. The number of piperidine rings is 1. The lowest BCUT2D eigenvalue weighted by Crippen LogP contribution is -2.38. The Balaban J connectivity index is 2.35. The molecule has 1 rings (SSSR count). The van der Waals surface area contributed by atoms with E-state index in [2.05, 4.69) is 37.5 Å². The summed E-state index contributed by atoms with van der Waals surface area (Å²) in [6, 6.07) is 0.465. The smallest absolute Gasteiger partial charge is 0.0685 e. The van der Waals surface area contributed by atoms with Crippen LogP contribution in [0.25, 0.3) is 0 Å². The summed E-state index contributed by atoms with van der Waals surface area (Å²) in [5, 5.41) is 0. The third-order valence-electron chi connectivity index (χ3n) is 2.85. The van der Waals surface area contributed by atoms with Crippen molar-refractivity contribution in [2.45, 2.75) is 46.1 Å². The Kier molecular flexibility index (Phi) is 4.32. The second kappa shape index (κ2) is 5.29. The van der Waals surface area contributed by atoms with Gasteiger partial charge in [0.1, 0.15) is 0 Å². The van der Waals surface area contributed by atoms with Gasteiger partial charge in [-0.15, -0.1) is 5.92 Å². The zero-order valence-electron chi connectivity index (χ0n) is 9.14. The van der Waals surface area contributed by atoms with Crippen molar-refractivity contribution in [1.82, 2.24) is 4.90 Å². The largest absolute Gasteiger partial charge is 0.290 e. The minimum absolute atomic E-state index is 0.465. The number of hydrogen-bond donors (Lipinski definition) is 0. The van der Waals surface area contributed by atoms with Gasteiger partial charge in [-0.2, -0.15) is 0 Å². The van der Waals surface area contributed by atoms with Crippen LogP contribution in [-0.4, -0.2) is 24.0 Å². The van der Waals surface area contributed by atoms with Crippen molar-refractivity contribution in [3.63, 3.8) is 0 Å². The Morgan fingerprint density at radius 2 is 2.00 bits per heavy atom. The molecule has 0 aromatic heterocycles. The molecule has 1 unspecified atom stereocenters. The summed E-state index contributed by atoms with van der Waals surface area (Å²) < 4.78 is 0. The third-order valence-corrected chi connectivity index (χ3v) is 2.85. The molecule has 0 aromatic carbocycles. The van der Waals surface area contributed by atoms with E-state index in [1.807, 2.05) is 0 Å². The molecule has 0 saturated carbocycles. The molecular weight excluding hydrogens is 158 g/mol. The first-order chi connectivity index (χ1) is 6.24. The Morgan fingerprint density at radius 1 is 1.38 bits per heavy atom. The highest BCUT2D eigenvalue weighted by Gasteiger charge is 2.18. The molecule has 1 saturated heterocycles. The van der Waals surface area contributed by atoms with Crippen molar-refractivity contribution in [3.8, 4) is 11.8 Å². The van der Waals surface area contributed by atoms with Crippen molar-refractivity contribution in [3.05, 3.63) is 0 Å². The van der Waals surface area contributed by atoms with E-state index >= 15 is 0 Å². The summed E-state index contributed by atoms with van der Waals surface area (Å²) >= 11 is 0. The van der Waals surface area contributed by atoms with E-state index in [-0.39, 0.29) is 0 Å². The van der Waals surface area contributed by atoms with Gasteiger partial charge in [-0.25, -0.2) is 0 Å². The summed E-state index contributed by atoms with van der Waals surface area (Å²) in [4.78, 5) is 2.50. The van der Waals surface area contributed by atoms with E-state index in [1.165, 1.54) is 25.9 Å². The lowest BCUT2D eigenvalue weighted by Gasteiger charge is -2.32. The van der Waals surface area contributed by atoms with Crippen molar-refractivity contribution < 1.29 is 0 Å². The van der Waals surface area contributed by atoms with Gasteiger partial charge in [-0.3, -0.25) is 4.90 Å². The first-order valence-electron chi connectivity index (χ1n) is 5.46. The van der Waals surface area contributed by atoms with E-state index in [9.17, 15) is 0 Å². The minimum atomic E-state index is 0.465. The summed E-state index contributed by atoms with van der Waals surface area (Å²) in [6.45, 7) is 9.15. The molecule has 0 spiro atoms. The minimum Gasteiger partial charge on any atom is -0.290 e. The van der Waals surface area contributed by atoms with Gasteiger partial charge in [-0.1, -0.05) is 19.8 Å². The van der Waals surface area contributed by atoms with Crippen LogP contribution in [0, 0.1) is 17.8 Å². The lowest BCUT2D eigenvalue weighted by atomic mass is 9.98. The zero-order chi connectivity index (χ0) is 9.68. The third kappa shape index (κ3) is 3.40. The van der Waals surface area contributed by atoms with Crippen molar-refractivity contribution in [2.75, 3.05) is 13.1 Å². The second-order valence-electron chi connectivity index (χ2n) is 4.07. The van der Waals surface area contributed by atoms with Gasteiger partial charge >= 0.3 is 0 Å². The van der Waals surface area contributed by atoms with Crippen molar-refractivity contribution in [1.29, 1.82) is 0 Å². The van der Waals surface area contributed by atoms with Gasteiger partial charge in [0.2, 0.25) is 0 Å². The number of rotatable bonds is 1. The van der Waals surface area contributed by atoms with Crippen LogP contribution in [0.15, 0.2) is 0 Å². The SMILES string of the molecule is CCC#CC(C)N1CCC(C)CC1. The Morgan fingerprint density at radius 3 is 2.54 bits per heavy atom. The van der Waals surface area contributed by atoms with Gasteiger partial charge in [0.15, 0.2) is 0 Å². The van der Waals surface area contributed by atoms with Crippen LogP contribution in [0.2, 0.25) is 0 Å². The van der Waals surface area contributed by atoms with E-state index < -0.39 is 0 Å². The molecule has 0 amide bonds. The van der Waals surface area contributed by atoms with Crippen LogP contribution in [0.4, 0.5) is 0 Å². The average Bonchev–Trinajstić information content (AvgIpc) is 2.15. The molecule has 1 fully saturated rings. The van der Waals surface area contributed by atoms with E-state index in [4.69, 9.17) is 0 Å². The second-order valence-corrected chi connectivity index (χ2v) is 4.07. The fraction of sp³-hybridized carbons (Fsp3) is 0.833. The molecule has 74 valence electrons. The highest BCUT2D eigenvalue weighted by molar-refractivity contribution is 5.06. The molecular formula is C12H21N. The fourth-order valence-corrected chi connectivity index (χ4v) is 1.76. The van der Waals surface area contributed by atoms with E-state index in [0.29, 0.717) is 6.04 Å². The van der Waals surface area contributed by atoms with Gasteiger partial charge in [0, 0.05) is 6.42 Å². The predicted molar refractivity (Wildman–Crippen MR) is 57.5 cm³/mol. The maximum Gasteiger partial charge on any atom is 0.0685 e.